The molecular formula is C22H26N4O3. The van der Waals surface area contributed by atoms with Crippen molar-refractivity contribution in [2.75, 3.05) is 6.54 Å². The molecule has 0 saturated heterocycles. The Morgan fingerprint density at radius 3 is 2.59 bits per heavy atom. The number of carboxylic acids is 1. The van der Waals surface area contributed by atoms with E-state index in [0.29, 0.717) is 27.9 Å². The molecule has 3 rings (SSSR count). The van der Waals surface area contributed by atoms with E-state index >= 15 is 0 Å². The predicted molar refractivity (Wildman–Crippen MR) is 111 cm³/mol. The van der Waals surface area contributed by atoms with Crippen LogP contribution in [-0.4, -0.2) is 38.3 Å². The van der Waals surface area contributed by atoms with Gasteiger partial charge >= 0.3 is 5.97 Å². The summed E-state index contributed by atoms with van der Waals surface area (Å²) < 4.78 is 1.82. The molecule has 2 aromatic heterocycles. The molecule has 0 aliphatic carbocycles. The SMILES string of the molecule is CCC(C)n1ncc2c(C(=O)NCC(C)(C(=O)O)c3ccccc3)cc(C)nc21. The fourth-order valence-electron chi connectivity index (χ4n) is 3.29. The predicted octanol–water partition coefficient (Wildman–Crippen LogP) is 3.48. The fraction of sp³-hybridized carbons (Fsp3) is 0.364. The van der Waals surface area contributed by atoms with Crippen LogP contribution in [0.15, 0.2) is 42.6 Å². The Bertz CT molecular complexity index is 1040. The number of hydrogen-bond acceptors (Lipinski definition) is 4. The summed E-state index contributed by atoms with van der Waals surface area (Å²) in [5, 5.41) is 17.7. The minimum Gasteiger partial charge on any atom is -0.481 e. The van der Waals surface area contributed by atoms with E-state index in [0.717, 1.165) is 6.42 Å². The van der Waals surface area contributed by atoms with Crippen molar-refractivity contribution in [1.29, 1.82) is 0 Å². The number of carbonyl (C=O) groups is 2. The summed E-state index contributed by atoms with van der Waals surface area (Å²) in [6.07, 6.45) is 2.54. The first-order chi connectivity index (χ1) is 13.8. The summed E-state index contributed by atoms with van der Waals surface area (Å²) >= 11 is 0. The van der Waals surface area contributed by atoms with Crippen molar-refractivity contribution in [1.82, 2.24) is 20.1 Å². The summed E-state index contributed by atoms with van der Waals surface area (Å²) in [5.74, 6) is -1.34. The molecule has 0 fully saturated rings. The smallest absolute Gasteiger partial charge is 0.315 e. The second kappa shape index (κ2) is 8.03. The lowest BCUT2D eigenvalue weighted by atomic mass is 9.82. The van der Waals surface area contributed by atoms with Gasteiger partial charge in [0.1, 0.15) is 5.41 Å². The first-order valence-electron chi connectivity index (χ1n) is 9.70. The van der Waals surface area contributed by atoms with Crippen molar-refractivity contribution in [2.45, 2.75) is 45.6 Å². The molecule has 0 bridgehead atoms. The number of rotatable bonds is 7. The third-order valence-corrected chi connectivity index (χ3v) is 5.43. The molecule has 7 nitrogen and oxygen atoms in total. The van der Waals surface area contributed by atoms with Gasteiger partial charge in [-0.2, -0.15) is 5.10 Å². The Balaban J connectivity index is 1.92. The van der Waals surface area contributed by atoms with Crippen LogP contribution in [0.3, 0.4) is 0 Å². The van der Waals surface area contributed by atoms with E-state index in [2.05, 4.69) is 22.3 Å². The van der Waals surface area contributed by atoms with Gasteiger partial charge in [-0.1, -0.05) is 37.3 Å². The maximum atomic E-state index is 13.0. The number of aromatic nitrogens is 3. The molecule has 2 unspecified atom stereocenters. The van der Waals surface area contributed by atoms with Gasteiger partial charge < -0.3 is 10.4 Å². The van der Waals surface area contributed by atoms with Crippen LogP contribution in [0.2, 0.25) is 0 Å². The summed E-state index contributed by atoms with van der Waals surface area (Å²) in [6, 6.07) is 10.8. The van der Waals surface area contributed by atoms with Crippen LogP contribution in [0.4, 0.5) is 0 Å². The maximum absolute atomic E-state index is 13.0. The number of nitrogens with zero attached hydrogens (tertiary/aromatic N) is 3. The highest BCUT2D eigenvalue weighted by Crippen LogP contribution is 2.25. The second-order valence-electron chi connectivity index (χ2n) is 7.58. The number of fused-ring (bicyclic) bond motifs is 1. The molecule has 0 aliphatic heterocycles. The number of amides is 1. The zero-order valence-electron chi connectivity index (χ0n) is 17.1. The van der Waals surface area contributed by atoms with Crippen LogP contribution in [0.25, 0.3) is 11.0 Å². The first-order valence-corrected chi connectivity index (χ1v) is 9.70. The van der Waals surface area contributed by atoms with Crippen LogP contribution in [0, 0.1) is 6.92 Å². The highest BCUT2D eigenvalue weighted by atomic mass is 16.4. The van der Waals surface area contributed by atoms with Gasteiger partial charge in [0.05, 0.1) is 23.2 Å². The Kier molecular flexibility index (Phi) is 5.68. The number of carbonyl (C=O) groups excluding carboxylic acids is 1. The number of carboxylic acid groups (broad SMARTS) is 1. The molecule has 3 aromatic rings. The van der Waals surface area contributed by atoms with Gasteiger partial charge in [-0.3, -0.25) is 9.59 Å². The van der Waals surface area contributed by atoms with Crippen LogP contribution in [0.5, 0.6) is 0 Å². The van der Waals surface area contributed by atoms with Gasteiger partial charge in [-0.05, 0) is 38.8 Å². The molecule has 0 spiro atoms. The Morgan fingerprint density at radius 1 is 1.28 bits per heavy atom. The number of aryl methyl sites for hydroxylation is 1. The number of hydrogen-bond donors (Lipinski definition) is 2. The van der Waals surface area contributed by atoms with E-state index in [1.54, 1.807) is 43.5 Å². The van der Waals surface area contributed by atoms with Gasteiger partial charge in [0, 0.05) is 12.2 Å². The van der Waals surface area contributed by atoms with Gasteiger partial charge in [0.2, 0.25) is 0 Å². The maximum Gasteiger partial charge on any atom is 0.315 e. The van der Waals surface area contributed by atoms with E-state index < -0.39 is 11.4 Å². The quantitative estimate of drug-likeness (QED) is 0.639. The summed E-state index contributed by atoms with van der Waals surface area (Å²) in [6.45, 7) is 7.52. The van der Waals surface area contributed by atoms with Crippen molar-refractivity contribution in [3.63, 3.8) is 0 Å². The first kappa shape index (κ1) is 20.5. The number of nitrogens with one attached hydrogen (secondary N) is 1. The molecule has 152 valence electrons. The largest absolute Gasteiger partial charge is 0.481 e. The number of benzene rings is 1. The molecule has 0 saturated carbocycles. The monoisotopic (exact) mass is 394 g/mol. The topological polar surface area (TPSA) is 97.1 Å². The molecule has 1 aromatic carbocycles. The van der Waals surface area contributed by atoms with Crippen molar-refractivity contribution in [3.05, 3.63) is 59.4 Å². The fourth-order valence-corrected chi connectivity index (χ4v) is 3.29. The molecule has 29 heavy (non-hydrogen) atoms. The summed E-state index contributed by atoms with van der Waals surface area (Å²) in [7, 11) is 0. The van der Waals surface area contributed by atoms with E-state index in [1.165, 1.54) is 0 Å². The number of aliphatic carboxylic acids is 1. The zero-order valence-corrected chi connectivity index (χ0v) is 17.1. The van der Waals surface area contributed by atoms with E-state index in [-0.39, 0.29) is 18.5 Å². The van der Waals surface area contributed by atoms with Gasteiger partial charge in [0.15, 0.2) is 5.65 Å². The van der Waals surface area contributed by atoms with Crippen LogP contribution in [-0.2, 0) is 10.2 Å². The molecule has 2 heterocycles. The van der Waals surface area contributed by atoms with Crippen molar-refractivity contribution >= 4 is 22.9 Å². The Hall–Kier alpha value is -3.22. The highest BCUT2D eigenvalue weighted by molar-refractivity contribution is 6.05. The van der Waals surface area contributed by atoms with E-state index in [9.17, 15) is 14.7 Å². The van der Waals surface area contributed by atoms with Crippen LogP contribution in [0.1, 0.15) is 54.8 Å². The van der Waals surface area contributed by atoms with Crippen molar-refractivity contribution in [3.8, 4) is 0 Å². The highest BCUT2D eigenvalue weighted by Gasteiger charge is 2.35. The zero-order chi connectivity index (χ0) is 21.2. The normalized spacial score (nSPS) is 14.3. The third kappa shape index (κ3) is 3.85. The summed E-state index contributed by atoms with van der Waals surface area (Å²) in [5.41, 5.74) is 1.21. The van der Waals surface area contributed by atoms with E-state index in [4.69, 9.17) is 0 Å². The Morgan fingerprint density at radius 2 is 1.97 bits per heavy atom. The molecule has 7 heteroatoms. The van der Waals surface area contributed by atoms with Gasteiger partial charge in [-0.15, -0.1) is 0 Å². The molecule has 1 amide bonds. The molecule has 2 N–H and O–H groups in total. The van der Waals surface area contributed by atoms with Gasteiger partial charge in [-0.25, -0.2) is 9.67 Å². The molecule has 0 radical (unpaired) electrons. The molecular weight excluding hydrogens is 368 g/mol. The molecule has 0 aliphatic rings. The average molecular weight is 394 g/mol. The number of pyridine rings is 1. The lowest BCUT2D eigenvalue weighted by Crippen LogP contribution is -2.44. The van der Waals surface area contributed by atoms with Crippen LogP contribution < -0.4 is 5.32 Å². The average Bonchev–Trinajstić information content (AvgIpc) is 3.14. The minimum absolute atomic E-state index is 0.0342. The van der Waals surface area contributed by atoms with Crippen molar-refractivity contribution < 1.29 is 14.7 Å². The Labute approximate surface area is 169 Å². The van der Waals surface area contributed by atoms with Crippen LogP contribution >= 0.6 is 0 Å². The van der Waals surface area contributed by atoms with E-state index in [1.807, 2.05) is 24.6 Å². The second-order valence-corrected chi connectivity index (χ2v) is 7.58. The van der Waals surface area contributed by atoms with Crippen molar-refractivity contribution in [2.24, 2.45) is 0 Å². The standard InChI is InChI=1S/C22H26N4O3/c1-5-15(3)26-19-18(12-24-26)17(11-14(2)25-19)20(27)23-13-22(4,21(28)29)16-9-7-6-8-10-16/h6-12,15H,5,13H2,1-4H3,(H,23,27)(H,28,29). The molecule has 2 atom stereocenters. The lowest BCUT2D eigenvalue weighted by molar-refractivity contribution is -0.142. The van der Waals surface area contributed by atoms with Gasteiger partial charge in [0.25, 0.3) is 5.91 Å². The minimum atomic E-state index is -1.24. The lowest BCUT2D eigenvalue weighted by Gasteiger charge is -2.25. The third-order valence-electron chi connectivity index (χ3n) is 5.43. The summed E-state index contributed by atoms with van der Waals surface area (Å²) in [4.78, 5) is 29.5.